The number of fused-ring (bicyclic) bond motifs is 7. The molecular weight excluding hydrogens is 572 g/mol. The average molecular weight is 617 g/mol. The Morgan fingerprint density at radius 3 is 2.56 bits per heavy atom. The molecule has 240 valence electrons. The molecule has 4 heterocycles. The minimum Gasteiger partial charge on any atom is -0.497 e. The van der Waals surface area contributed by atoms with E-state index in [1.54, 1.807) is 21.3 Å². The van der Waals surface area contributed by atoms with Gasteiger partial charge in [0.1, 0.15) is 11.4 Å². The summed E-state index contributed by atoms with van der Waals surface area (Å²) in [5.74, 6) is 2.62. The number of ether oxygens (including phenoxy) is 3. The van der Waals surface area contributed by atoms with Gasteiger partial charge in [-0.05, 0) is 91.8 Å². The summed E-state index contributed by atoms with van der Waals surface area (Å²) in [7, 11) is 4.90. The van der Waals surface area contributed by atoms with Gasteiger partial charge < -0.3 is 34.3 Å². The number of benzene rings is 2. The minimum absolute atomic E-state index is 0.0157. The number of nitrogens with zero attached hydrogens (tertiary/aromatic N) is 2. The smallest absolute Gasteiger partial charge is 0.270 e. The number of methoxy groups -OCH3 is 3. The number of carbonyl (C=O) groups excluding carboxylic acids is 3. The van der Waals surface area contributed by atoms with Gasteiger partial charge in [0.05, 0.1) is 21.3 Å². The molecule has 3 amide bonds. The Bertz CT molecular complexity index is 1570. The molecular formula is C35H44N4O6. The fraction of sp³-hybridized carbons (Fsp3) is 0.514. The molecule has 10 heteroatoms. The summed E-state index contributed by atoms with van der Waals surface area (Å²) in [5.41, 5.74) is 3.51. The Labute approximate surface area is 264 Å². The van der Waals surface area contributed by atoms with Crippen LogP contribution in [0.3, 0.4) is 0 Å². The van der Waals surface area contributed by atoms with E-state index in [1.165, 1.54) is 0 Å². The van der Waals surface area contributed by atoms with Crippen LogP contribution in [-0.4, -0.2) is 86.1 Å². The molecule has 0 saturated carbocycles. The molecule has 0 aliphatic carbocycles. The summed E-state index contributed by atoms with van der Waals surface area (Å²) < 4.78 is 16.7. The van der Waals surface area contributed by atoms with Gasteiger partial charge in [-0.2, -0.15) is 0 Å². The van der Waals surface area contributed by atoms with Crippen molar-refractivity contribution in [3.05, 3.63) is 53.2 Å². The molecule has 2 saturated heterocycles. The van der Waals surface area contributed by atoms with E-state index in [0.717, 1.165) is 53.5 Å². The van der Waals surface area contributed by atoms with Crippen molar-refractivity contribution in [3.63, 3.8) is 0 Å². The second-order valence-electron chi connectivity index (χ2n) is 12.7. The van der Waals surface area contributed by atoms with E-state index in [4.69, 9.17) is 14.2 Å². The molecule has 3 atom stereocenters. The van der Waals surface area contributed by atoms with Crippen LogP contribution in [0.15, 0.2) is 36.4 Å². The lowest BCUT2D eigenvalue weighted by molar-refractivity contribution is -0.140. The van der Waals surface area contributed by atoms with E-state index in [-0.39, 0.29) is 35.6 Å². The van der Waals surface area contributed by atoms with E-state index in [2.05, 4.69) is 21.3 Å². The molecule has 3 aromatic rings. The van der Waals surface area contributed by atoms with E-state index in [1.807, 2.05) is 35.2 Å². The quantitative estimate of drug-likeness (QED) is 0.451. The van der Waals surface area contributed by atoms with Crippen molar-refractivity contribution in [3.8, 4) is 17.2 Å². The summed E-state index contributed by atoms with van der Waals surface area (Å²) >= 11 is 0. The fourth-order valence-corrected chi connectivity index (χ4v) is 7.59. The SMILES string of the molecule is COc1ccc2[nH]c(C(=O)N3C[C@@H]4C[C@H](C3)[C@@H]3CCCC(=O)NCCCc5cc(cc(OC)c5OC)CCC(=O)N3C4)cc2c1. The highest BCUT2D eigenvalue weighted by atomic mass is 16.5. The highest BCUT2D eigenvalue weighted by Crippen LogP contribution is 2.38. The van der Waals surface area contributed by atoms with Crippen LogP contribution in [0.25, 0.3) is 10.9 Å². The molecule has 0 spiro atoms. The number of piperidine rings is 2. The number of hydrogen-bond acceptors (Lipinski definition) is 6. The third-order valence-corrected chi connectivity index (χ3v) is 9.73. The van der Waals surface area contributed by atoms with Gasteiger partial charge in [-0.15, -0.1) is 0 Å². The van der Waals surface area contributed by atoms with Crippen molar-refractivity contribution < 1.29 is 28.6 Å². The fourth-order valence-electron chi connectivity index (χ4n) is 7.59. The Morgan fingerprint density at radius 1 is 0.889 bits per heavy atom. The average Bonchev–Trinajstić information content (AvgIpc) is 3.48. The maximum atomic E-state index is 13.9. The molecule has 0 unspecified atom stereocenters. The van der Waals surface area contributed by atoms with Crippen LogP contribution in [0.1, 0.15) is 60.1 Å². The standard InChI is InChI=1S/C35H44N4O6/c1-43-27-10-11-28-25(17-27)18-29(37-28)35(42)38-19-23-15-26(21-38)30-7-4-8-32(40)36-13-5-6-24-14-22(9-12-33(41)39(30)20-23)16-31(44-2)34(24)45-3/h10-11,14,16-18,23,26,30,37H,4-9,12-13,15,19-21H2,1-3H3,(H,36,40)/t23-,26+,30-/m0/s1. The van der Waals surface area contributed by atoms with Gasteiger partial charge >= 0.3 is 0 Å². The second-order valence-corrected chi connectivity index (χ2v) is 12.7. The number of aromatic amines is 1. The molecule has 6 rings (SSSR count). The zero-order chi connectivity index (χ0) is 31.5. The molecule has 4 bridgehead atoms. The predicted octanol–water partition coefficient (Wildman–Crippen LogP) is 4.35. The number of nitrogens with one attached hydrogen (secondary N) is 2. The zero-order valence-corrected chi connectivity index (χ0v) is 26.5. The lowest BCUT2D eigenvalue weighted by Gasteiger charge is -2.51. The lowest BCUT2D eigenvalue weighted by Crippen LogP contribution is -2.60. The highest BCUT2D eigenvalue weighted by Gasteiger charge is 2.43. The van der Waals surface area contributed by atoms with Gasteiger partial charge in [0, 0.05) is 56.0 Å². The van der Waals surface area contributed by atoms with Crippen LogP contribution < -0.4 is 19.5 Å². The Morgan fingerprint density at radius 2 is 1.76 bits per heavy atom. The predicted molar refractivity (Wildman–Crippen MR) is 171 cm³/mol. The van der Waals surface area contributed by atoms with Crippen LogP contribution in [0.4, 0.5) is 0 Å². The Kier molecular flexibility index (Phi) is 9.19. The number of aromatic nitrogens is 1. The largest absolute Gasteiger partial charge is 0.497 e. The zero-order valence-electron chi connectivity index (χ0n) is 26.5. The molecule has 45 heavy (non-hydrogen) atoms. The van der Waals surface area contributed by atoms with Gasteiger partial charge in [0.2, 0.25) is 11.8 Å². The van der Waals surface area contributed by atoms with Gasteiger partial charge in [0.25, 0.3) is 5.91 Å². The van der Waals surface area contributed by atoms with Crippen molar-refractivity contribution in [2.45, 2.75) is 57.4 Å². The normalized spacial score (nSPS) is 22.9. The number of carbonyl (C=O) groups is 3. The molecule has 2 aromatic carbocycles. The number of likely N-dealkylation sites (tertiary alicyclic amines) is 1. The molecule has 10 nitrogen and oxygen atoms in total. The highest BCUT2D eigenvalue weighted by molar-refractivity contribution is 5.98. The Hall–Kier alpha value is -4.21. The van der Waals surface area contributed by atoms with Crippen LogP contribution in [0.5, 0.6) is 17.2 Å². The summed E-state index contributed by atoms with van der Waals surface area (Å²) in [6, 6.07) is 11.7. The molecule has 2 N–H and O–H groups in total. The van der Waals surface area contributed by atoms with Crippen LogP contribution >= 0.6 is 0 Å². The minimum atomic E-state index is -0.0171. The maximum absolute atomic E-state index is 13.9. The second kappa shape index (κ2) is 13.4. The van der Waals surface area contributed by atoms with E-state index in [0.29, 0.717) is 69.1 Å². The summed E-state index contributed by atoms with van der Waals surface area (Å²) in [6.07, 6.45) is 5.36. The molecule has 1 aromatic heterocycles. The topological polar surface area (TPSA) is 113 Å². The van der Waals surface area contributed by atoms with Crippen LogP contribution in [-0.2, 0) is 22.4 Å². The van der Waals surface area contributed by atoms with Crippen LogP contribution in [0, 0.1) is 11.8 Å². The van der Waals surface area contributed by atoms with Gasteiger partial charge in [0.15, 0.2) is 11.5 Å². The first-order valence-electron chi connectivity index (χ1n) is 16.1. The van der Waals surface area contributed by atoms with Crippen molar-refractivity contribution >= 4 is 28.6 Å². The molecule has 2 fully saturated rings. The molecule has 0 radical (unpaired) electrons. The van der Waals surface area contributed by atoms with Crippen molar-refractivity contribution in [1.82, 2.24) is 20.1 Å². The van der Waals surface area contributed by atoms with Gasteiger partial charge in [-0.3, -0.25) is 14.4 Å². The summed E-state index contributed by atoms with van der Waals surface area (Å²) in [6.45, 7) is 2.42. The van der Waals surface area contributed by atoms with Crippen LogP contribution in [0.2, 0.25) is 0 Å². The third-order valence-electron chi connectivity index (χ3n) is 9.73. The van der Waals surface area contributed by atoms with E-state index >= 15 is 0 Å². The first-order valence-corrected chi connectivity index (χ1v) is 16.1. The third kappa shape index (κ3) is 6.60. The van der Waals surface area contributed by atoms with Crippen molar-refractivity contribution in [2.24, 2.45) is 11.8 Å². The van der Waals surface area contributed by atoms with Gasteiger partial charge in [-0.25, -0.2) is 0 Å². The van der Waals surface area contributed by atoms with Crippen molar-refractivity contribution in [1.29, 1.82) is 0 Å². The summed E-state index contributed by atoms with van der Waals surface area (Å²) in [4.78, 5) is 47.7. The van der Waals surface area contributed by atoms with Crippen molar-refractivity contribution in [2.75, 3.05) is 47.5 Å². The number of amides is 3. The van der Waals surface area contributed by atoms with E-state index < -0.39 is 0 Å². The number of aryl methyl sites for hydroxylation is 2. The molecule has 3 aliphatic heterocycles. The number of hydrogen-bond donors (Lipinski definition) is 2. The lowest BCUT2D eigenvalue weighted by atomic mass is 9.77. The van der Waals surface area contributed by atoms with Gasteiger partial charge in [-0.1, -0.05) is 6.07 Å². The number of rotatable bonds is 4. The number of H-pyrrole nitrogens is 1. The summed E-state index contributed by atoms with van der Waals surface area (Å²) in [5, 5.41) is 4.00. The Balaban J connectivity index is 1.22. The first kappa shape index (κ1) is 30.8. The van der Waals surface area contributed by atoms with E-state index in [9.17, 15) is 14.4 Å². The maximum Gasteiger partial charge on any atom is 0.270 e. The molecule has 3 aliphatic rings. The monoisotopic (exact) mass is 616 g/mol. The first-order chi connectivity index (χ1) is 21.9.